The number of hydrogen-bond donors (Lipinski definition) is 1. The summed E-state index contributed by atoms with van der Waals surface area (Å²) < 4.78 is 43.9. The maximum Gasteiger partial charge on any atom is 0.422 e. The van der Waals surface area contributed by atoms with Crippen molar-refractivity contribution in [3.63, 3.8) is 0 Å². The van der Waals surface area contributed by atoms with Gasteiger partial charge in [0.25, 0.3) is 0 Å². The Bertz CT molecular complexity index is 1000. The van der Waals surface area contributed by atoms with E-state index in [2.05, 4.69) is 20.3 Å². The Kier molecular flexibility index (Phi) is 8.87. The van der Waals surface area contributed by atoms with E-state index in [4.69, 9.17) is 4.74 Å². The molecule has 2 aliphatic rings. The molecule has 3 heterocycles. The lowest BCUT2D eigenvalue weighted by Gasteiger charge is -2.30. The highest BCUT2D eigenvalue weighted by molar-refractivity contribution is 5.78. The molecule has 0 radical (unpaired) electrons. The molecule has 1 N–H and O–H groups in total. The molecule has 7 nitrogen and oxygen atoms in total. The Morgan fingerprint density at radius 2 is 1.94 bits per heavy atom. The molecule has 1 aliphatic carbocycles. The van der Waals surface area contributed by atoms with Gasteiger partial charge in [0.1, 0.15) is 0 Å². The van der Waals surface area contributed by atoms with Crippen LogP contribution in [0.3, 0.4) is 0 Å². The van der Waals surface area contributed by atoms with Crippen LogP contribution in [0.5, 0.6) is 5.88 Å². The first kappa shape index (κ1) is 26.4. The molecule has 2 aromatic heterocycles. The minimum absolute atomic E-state index is 0.0411. The van der Waals surface area contributed by atoms with Crippen molar-refractivity contribution in [2.24, 2.45) is 5.92 Å². The average molecular weight is 508 g/mol. The number of hydrogen-bond acceptors (Lipinski definition) is 5. The standard InChI is InChI=1S/C26H36F3N5O2/c1-2-34-17-20(16-30-34)15-24(35)31-22-6-3-19(4-7-22)9-12-33-13-10-21-5-8-25(32-23(21)11-14-33)36-18-26(27,28)29/h5,8,16-17,19,22H,2-4,6-7,9-15,18H2,1H3,(H,31,35). The highest BCUT2D eigenvalue weighted by Gasteiger charge is 2.29. The van der Waals surface area contributed by atoms with E-state index in [1.54, 1.807) is 6.20 Å². The number of ether oxygens (including phenoxy) is 1. The molecule has 1 fully saturated rings. The number of carbonyl (C=O) groups excluding carboxylic acids is 1. The highest BCUT2D eigenvalue weighted by atomic mass is 19.4. The zero-order valence-corrected chi connectivity index (χ0v) is 20.9. The third-order valence-corrected chi connectivity index (χ3v) is 7.23. The number of halogens is 3. The number of aryl methyl sites for hydroxylation is 1. The van der Waals surface area contributed by atoms with Crippen LogP contribution in [0.1, 0.15) is 55.8 Å². The predicted octanol–water partition coefficient (Wildman–Crippen LogP) is 3.95. The topological polar surface area (TPSA) is 72.3 Å². The van der Waals surface area contributed by atoms with E-state index in [0.29, 0.717) is 18.8 Å². The number of pyridine rings is 1. The number of rotatable bonds is 9. The summed E-state index contributed by atoms with van der Waals surface area (Å²) in [4.78, 5) is 19.2. The van der Waals surface area contributed by atoms with Crippen molar-refractivity contribution in [2.75, 3.05) is 26.2 Å². The van der Waals surface area contributed by atoms with Gasteiger partial charge in [-0.1, -0.05) is 6.07 Å². The molecule has 1 aliphatic heterocycles. The van der Waals surface area contributed by atoms with Crippen molar-refractivity contribution in [3.05, 3.63) is 41.3 Å². The smallest absolute Gasteiger partial charge is 0.422 e. The first-order valence-electron chi connectivity index (χ1n) is 13.0. The average Bonchev–Trinajstić information content (AvgIpc) is 3.20. The molecule has 0 spiro atoms. The van der Waals surface area contributed by atoms with Crippen LogP contribution >= 0.6 is 0 Å². The summed E-state index contributed by atoms with van der Waals surface area (Å²) in [6.45, 7) is 4.29. The summed E-state index contributed by atoms with van der Waals surface area (Å²) in [5.74, 6) is 0.769. The monoisotopic (exact) mass is 507 g/mol. The van der Waals surface area contributed by atoms with Gasteiger partial charge in [-0.3, -0.25) is 9.48 Å². The molecule has 4 rings (SSSR count). The normalized spacial score (nSPS) is 21.0. The molecule has 1 amide bonds. The quantitative estimate of drug-likeness (QED) is 0.557. The Morgan fingerprint density at radius 3 is 2.67 bits per heavy atom. The molecule has 2 aromatic rings. The fourth-order valence-corrected chi connectivity index (χ4v) is 5.16. The maximum atomic E-state index is 12.4. The van der Waals surface area contributed by atoms with Crippen molar-refractivity contribution in [3.8, 4) is 5.88 Å². The SMILES string of the molecule is CCn1cc(CC(=O)NC2CCC(CCN3CCc4ccc(OCC(F)(F)F)nc4CC3)CC2)cn1. The van der Waals surface area contributed by atoms with Crippen molar-refractivity contribution in [1.82, 2.24) is 25.0 Å². The lowest BCUT2D eigenvalue weighted by molar-refractivity contribution is -0.154. The summed E-state index contributed by atoms with van der Waals surface area (Å²) in [6, 6.07) is 3.64. The minimum atomic E-state index is -4.37. The van der Waals surface area contributed by atoms with E-state index in [1.165, 1.54) is 6.07 Å². The molecule has 10 heteroatoms. The number of aromatic nitrogens is 3. The van der Waals surface area contributed by atoms with Gasteiger partial charge in [0.05, 0.1) is 12.6 Å². The van der Waals surface area contributed by atoms with Crippen LogP contribution in [0.25, 0.3) is 0 Å². The van der Waals surface area contributed by atoms with E-state index < -0.39 is 12.8 Å². The van der Waals surface area contributed by atoms with Crippen LogP contribution < -0.4 is 10.1 Å². The third kappa shape index (κ3) is 7.94. The van der Waals surface area contributed by atoms with Crippen LogP contribution in [-0.2, 0) is 30.6 Å². The van der Waals surface area contributed by atoms with E-state index in [1.807, 2.05) is 23.9 Å². The largest absolute Gasteiger partial charge is 0.468 e. The van der Waals surface area contributed by atoms with Gasteiger partial charge >= 0.3 is 6.18 Å². The first-order chi connectivity index (χ1) is 17.3. The first-order valence-corrected chi connectivity index (χ1v) is 13.0. The van der Waals surface area contributed by atoms with Crippen LogP contribution in [0.2, 0.25) is 0 Å². The fraction of sp³-hybridized carbons (Fsp3) is 0.654. The Hall–Kier alpha value is -2.62. The lowest BCUT2D eigenvalue weighted by Crippen LogP contribution is -2.39. The summed E-state index contributed by atoms with van der Waals surface area (Å²) >= 11 is 0. The molecule has 0 atom stereocenters. The number of nitrogens with one attached hydrogen (secondary N) is 1. The maximum absolute atomic E-state index is 12.4. The number of fused-ring (bicyclic) bond motifs is 1. The summed E-state index contributed by atoms with van der Waals surface area (Å²) in [6.07, 6.45) is 6.65. The molecule has 198 valence electrons. The van der Waals surface area contributed by atoms with Gasteiger partial charge in [-0.15, -0.1) is 0 Å². The molecular formula is C26H36F3N5O2. The van der Waals surface area contributed by atoms with Crippen molar-refractivity contribution >= 4 is 5.91 Å². The van der Waals surface area contributed by atoms with E-state index in [-0.39, 0.29) is 17.8 Å². The second-order valence-corrected chi connectivity index (χ2v) is 9.96. The Balaban J connectivity index is 1.15. The summed E-state index contributed by atoms with van der Waals surface area (Å²) in [5.41, 5.74) is 2.88. The number of alkyl halides is 3. The van der Waals surface area contributed by atoms with Gasteiger partial charge < -0.3 is 15.0 Å². The van der Waals surface area contributed by atoms with Crippen LogP contribution in [0.15, 0.2) is 24.5 Å². The van der Waals surface area contributed by atoms with Gasteiger partial charge in [0.15, 0.2) is 6.61 Å². The molecule has 0 unspecified atom stereocenters. The minimum Gasteiger partial charge on any atom is -0.468 e. The zero-order chi connectivity index (χ0) is 25.5. The lowest BCUT2D eigenvalue weighted by atomic mass is 9.84. The van der Waals surface area contributed by atoms with Gasteiger partial charge in [0.2, 0.25) is 11.8 Å². The second-order valence-electron chi connectivity index (χ2n) is 9.96. The van der Waals surface area contributed by atoms with Gasteiger partial charge in [-0.2, -0.15) is 18.3 Å². The van der Waals surface area contributed by atoms with Crippen LogP contribution in [0.4, 0.5) is 13.2 Å². The fourth-order valence-electron chi connectivity index (χ4n) is 5.16. The number of nitrogens with zero attached hydrogens (tertiary/aromatic N) is 4. The predicted molar refractivity (Wildman–Crippen MR) is 130 cm³/mol. The molecule has 36 heavy (non-hydrogen) atoms. The Morgan fingerprint density at radius 1 is 1.17 bits per heavy atom. The van der Waals surface area contributed by atoms with Crippen LogP contribution in [0, 0.1) is 5.92 Å². The second kappa shape index (κ2) is 12.1. The van der Waals surface area contributed by atoms with E-state index in [9.17, 15) is 18.0 Å². The molecule has 0 bridgehead atoms. The van der Waals surface area contributed by atoms with E-state index >= 15 is 0 Å². The number of amides is 1. The molecule has 1 saturated carbocycles. The molecule has 0 saturated heterocycles. The van der Waals surface area contributed by atoms with Crippen molar-refractivity contribution in [1.29, 1.82) is 0 Å². The van der Waals surface area contributed by atoms with Gasteiger partial charge in [-0.25, -0.2) is 4.98 Å². The Labute approximate surface area is 210 Å². The van der Waals surface area contributed by atoms with Crippen molar-refractivity contribution in [2.45, 2.75) is 77.1 Å². The molecule has 0 aromatic carbocycles. The summed E-state index contributed by atoms with van der Waals surface area (Å²) in [7, 11) is 0. The highest BCUT2D eigenvalue weighted by Crippen LogP contribution is 2.28. The molecular weight excluding hydrogens is 471 g/mol. The summed E-state index contributed by atoms with van der Waals surface area (Å²) in [5, 5.41) is 7.42. The zero-order valence-electron chi connectivity index (χ0n) is 20.9. The van der Waals surface area contributed by atoms with Crippen LogP contribution in [-0.4, -0.2) is 64.0 Å². The number of carbonyl (C=O) groups is 1. The van der Waals surface area contributed by atoms with Gasteiger partial charge in [-0.05, 0) is 69.0 Å². The van der Waals surface area contributed by atoms with Gasteiger partial charge in [0, 0.05) is 50.1 Å². The van der Waals surface area contributed by atoms with E-state index in [0.717, 1.165) is 81.5 Å². The third-order valence-electron chi connectivity index (χ3n) is 7.23. The van der Waals surface area contributed by atoms with Crippen molar-refractivity contribution < 1.29 is 22.7 Å².